The Hall–Kier alpha value is -2.73. The van der Waals surface area contributed by atoms with E-state index in [-0.39, 0.29) is 17.9 Å². The molecule has 0 aliphatic carbocycles. The van der Waals surface area contributed by atoms with Gasteiger partial charge in [0.15, 0.2) is 5.78 Å². The molecule has 1 N–H and O–H groups in total. The Morgan fingerprint density at radius 3 is 2.62 bits per heavy atom. The summed E-state index contributed by atoms with van der Waals surface area (Å²) in [5.74, 6) is 0.317. The van der Waals surface area contributed by atoms with Crippen LogP contribution in [0.4, 0.5) is 5.69 Å². The van der Waals surface area contributed by atoms with Gasteiger partial charge in [-0.2, -0.15) is 0 Å². The first kappa shape index (κ1) is 14.7. The largest absolute Gasteiger partial charge is 0.457 e. The van der Waals surface area contributed by atoms with E-state index >= 15 is 0 Å². The number of carbonyl (C=O) groups excluding carboxylic acids is 1. The van der Waals surface area contributed by atoms with E-state index in [1.807, 2.05) is 0 Å². The third kappa shape index (κ3) is 3.24. The van der Waals surface area contributed by atoms with Crippen molar-refractivity contribution >= 4 is 11.5 Å². The van der Waals surface area contributed by atoms with E-state index in [0.29, 0.717) is 17.1 Å². The molecule has 0 aromatic heterocycles. The Labute approximate surface area is 120 Å². The van der Waals surface area contributed by atoms with Crippen LogP contribution in [-0.2, 0) is 6.61 Å². The smallest absolute Gasteiger partial charge is 0.280 e. The lowest BCUT2D eigenvalue weighted by Crippen LogP contribution is -2.01. The van der Waals surface area contributed by atoms with Crippen molar-refractivity contribution in [2.75, 3.05) is 0 Å². The van der Waals surface area contributed by atoms with Crippen LogP contribution in [0.1, 0.15) is 22.8 Å². The van der Waals surface area contributed by atoms with Gasteiger partial charge in [-0.25, -0.2) is 0 Å². The van der Waals surface area contributed by atoms with E-state index in [0.717, 1.165) is 0 Å². The van der Waals surface area contributed by atoms with Crippen LogP contribution in [0.3, 0.4) is 0 Å². The van der Waals surface area contributed by atoms with Crippen molar-refractivity contribution in [2.24, 2.45) is 0 Å². The molecule has 0 spiro atoms. The van der Waals surface area contributed by atoms with Crippen molar-refractivity contribution in [3.63, 3.8) is 0 Å². The second-order valence-corrected chi connectivity index (χ2v) is 4.36. The number of aliphatic hydroxyl groups is 1. The molecule has 0 aliphatic heterocycles. The van der Waals surface area contributed by atoms with Crippen molar-refractivity contribution < 1.29 is 19.6 Å². The minimum absolute atomic E-state index is 0.0148. The Balaban J connectivity index is 2.39. The van der Waals surface area contributed by atoms with Crippen LogP contribution in [0.5, 0.6) is 11.5 Å². The molecule has 0 saturated heterocycles. The van der Waals surface area contributed by atoms with Gasteiger partial charge in [0.1, 0.15) is 11.5 Å². The number of aliphatic hydroxyl groups excluding tert-OH is 1. The molecular weight excluding hydrogens is 274 g/mol. The molecule has 0 heterocycles. The monoisotopic (exact) mass is 287 g/mol. The Morgan fingerprint density at radius 2 is 2.00 bits per heavy atom. The standard InChI is InChI=1S/C15H13NO5/c1-10(18)13-8-12(6-7-14(13)16(19)20)21-15-5-3-2-4-11(15)9-17/h2-8,17H,9H2,1H3. The lowest BCUT2D eigenvalue weighted by atomic mass is 10.1. The fourth-order valence-corrected chi connectivity index (χ4v) is 1.88. The SMILES string of the molecule is CC(=O)c1cc(Oc2ccccc2CO)ccc1[N+](=O)[O-]. The first-order valence-electron chi connectivity index (χ1n) is 6.19. The summed E-state index contributed by atoms with van der Waals surface area (Å²) in [4.78, 5) is 21.8. The van der Waals surface area contributed by atoms with E-state index in [1.54, 1.807) is 24.3 Å². The van der Waals surface area contributed by atoms with E-state index in [2.05, 4.69) is 0 Å². The minimum Gasteiger partial charge on any atom is -0.457 e. The van der Waals surface area contributed by atoms with Crippen molar-refractivity contribution in [2.45, 2.75) is 13.5 Å². The summed E-state index contributed by atoms with van der Waals surface area (Å²) in [6.45, 7) is 1.07. The maximum absolute atomic E-state index is 11.5. The molecule has 0 saturated carbocycles. The number of Topliss-reactive ketones (excluding diaryl/α,β-unsaturated/α-hetero) is 1. The van der Waals surface area contributed by atoms with Crippen molar-refractivity contribution in [1.82, 2.24) is 0 Å². The molecule has 0 unspecified atom stereocenters. The zero-order valence-corrected chi connectivity index (χ0v) is 11.3. The first-order chi connectivity index (χ1) is 10.0. The average molecular weight is 287 g/mol. The molecule has 0 bridgehead atoms. The van der Waals surface area contributed by atoms with E-state index in [9.17, 15) is 20.0 Å². The normalized spacial score (nSPS) is 10.2. The second-order valence-electron chi connectivity index (χ2n) is 4.36. The zero-order chi connectivity index (χ0) is 15.4. The van der Waals surface area contributed by atoms with Gasteiger partial charge in [-0.1, -0.05) is 18.2 Å². The highest BCUT2D eigenvalue weighted by Crippen LogP contribution is 2.29. The number of ether oxygens (including phenoxy) is 1. The van der Waals surface area contributed by atoms with Gasteiger partial charge < -0.3 is 9.84 Å². The Morgan fingerprint density at radius 1 is 1.29 bits per heavy atom. The number of hydrogen-bond acceptors (Lipinski definition) is 5. The molecule has 0 atom stereocenters. The predicted molar refractivity (Wildman–Crippen MR) is 75.5 cm³/mol. The lowest BCUT2D eigenvalue weighted by molar-refractivity contribution is -0.385. The van der Waals surface area contributed by atoms with E-state index in [1.165, 1.54) is 25.1 Å². The van der Waals surface area contributed by atoms with Gasteiger partial charge in [-0.05, 0) is 25.1 Å². The number of nitro benzene ring substituents is 1. The maximum atomic E-state index is 11.5. The number of carbonyl (C=O) groups is 1. The minimum atomic E-state index is -0.609. The van der Waals surface area contributed by atoms with Crippen molar-refractivity contribution in [3.05, 3.63) is 63.7 Å². The van der Waals surface area contributed by atoms with Gasteiger partial charge in [-0.3, -0.25) is 14.9 Å². The molecule has 0 fully saturated rings. The summed E-state index contributed by atoms with van der Waals surface area (Å²) in [6, 6.07) is 10.8. The third-order valence-electron chi connectivity index (χ3n) is 2.91. The van der Waals surface area contributed by atoms with Crippen LogP contribution in [-0.4, -0.2) is 15.8 Å². The predicted octanol–water partition coefficient (Wildman–Crippen LogP) is 3.08. The fourth-order valence-electron chi connectivity index (χ4n) is 1.88. The lowest BCUT2D eigenvalue weighted by Gasteiger charge is -2.10. The summed E-state index contributed by atoms with van der Waals surface area (Å²) in [6.07, 6.45) is 0. The van der Waals surface area contributed by atoms with Gasteiger partial charge in [0.05, 0.1) is 17.1 Å². The summed E-state index contributed by atoms with van der Waals surface area (Å²) in [7, 11) is 0. The van der Waals surface area contributed by atoms with Gasteiger partial charge in [0.2, 0.25) is 0 Å². The molecule has 6 nitrogen and oxygen atoms in total. The molecule has 2 aromatic rings. The van der Waals surface area contributed by atoms with Gasteiger partial charge >= 0.3 is 0 Å². The third-order valence-corrected chi connectivity index (χ3v) is 2.91. The Kier molecular flexibility index (Phi) is 4.30. The molecule has 6 heteroatoms. The maximum Gasteiger partial charge on any atom is 0.280 e. The molecule has 21 heavy (non-hydrogen) atoms. The summed E-state index contributed by atoms with van der Waals surface area (Å²) >= 11 is 0. The number of nitrogens with zero attached hydrogens (tertiary/aromatic N) is 1. The summed E-state index contributed by atoms with van der Waals surface area (Å²) < 4.78 is 5.59. The zero-order valence-electron chi connectivity index (χ0n) is 11.3. The van der Waals surface area contributed by atoms with Crippen LogP contribution < -0.4 is 4.74 Å². The van der Waals surface area contributed by atoms with Gasteiger partial charge in [0, 0.05) is 11.6 Å². The number of ketones is 1. The average Bonchev–Trinajstić information content (AvgIpc) is 2.47. The highest BCUT2D eigenvalue weighted by atomic mass is 16.6. The second kappa shape index (κ2) is 6.15. The molecular formula is C15H13NO5. The van der Waals surface area contributed by atoms with Crippen LogP contribution in [0.2, 0.25) is 0 Å². The van der Waals surface area contributed by atoms with Gasteiger partial charge in [0.25, 0.3) is 5.69 Å². The van der Waals surface area contributed by atoms with Crippen LogP contribution in [0.15, 0.2) is 42.5 Å². The van der Waals surface area contributed by atoms with E-state index < -0.39 is 10.7 Å². The van der Waals surface area contributed by atoms with Crippen LogP contribution in [0, 0.1) is 10.1 Å². The molecule has 108 valence electrons. The number of hydrogen-bond donors (Lipinski definition) is 1. The molecule has 2 aromatic carbocycles. The Bertz CT molecular complexity index is 696. The molecule has 0 aliphatic rings. The highest BCUT2D eigenvalue weighted by molar-refractivity contribution is 5.98. The fraction of sp³-hybridized carbons (Fsp3) is 0.133. The van der Waals surface area contributed by atoms with Crippen LogP contribution in [0.25, 0.3) is 0 Å². The molecule has 0 radical (unpaired) electrons. The van der Waals surface area contributed by atoms with Gasteiger partial charge in [-0.15, -0.1) is 0 Å². The number of benzene rings is 2. The first-order valence-corrected chi connectivity index (χ1v) is 6.19. The molecule has 2 rings (SSSR count). The molecule has 0 amide bonds. The number of para-hydroxylation sites is 1. The van der Waals surface area contributed by atoms with Crippen molar-refractivity contribution in [3.8, 4) is 11.5 Å². The quantitative estimate of drug-likeness (QED) is 0.518. The van der Waals surface area contributed by atoms with Crippen LogP contribution >= 0.6 is 0 Å². The van der Waals surface area contributed by atoms with Crippen molar-refractivity contribution in [1.29, 1.82) is 0 Å². The van der Waals surface area contributed by atoms with E-state index in [4.69, 9.17) is 4.74 Å². The number of rotatable bonds is 5. The highest BCUT2D eigenvalue weighted by Gasteiger charge is 2.18. The summed E-state index contributed by atoms with van der Waals surface area (Å²) in [5, 5.41) is 20.1. The topological polar surface area (TPSA) is 89.7 Å². The number of nitro groups is 1. The summed E-state index contributed by atoms with van der Waals surface area (Å²) in [5.41, 5.74) is 0.310.